The Kier molecular flexibility index (Phi) is 5.76. The Labute approximate surface area is 179 Å². The van der Waals surface area contributed by atoms with Crippen molar-refractivity contribution >= 4 is 30.8 Å². The fraction of sp³-hybridized carbons (Fsp3) is 0.167. The second kappa shape index (κ2) is 8.22. The number of hydrazine groups is 3. The largest absolute Gasteiger partial charge is 0.329 e. The number of nitrogens with two attached hydrogens (primary N) is 2. The summed E-state index contributed by atoms with van der Waals surface area (Å²) in [6, 6.07) is 11.9. The van der Waals surface area contributed by atoms with Gasteiger partial charge in [0, 0.05) is 23.7 Å². The van der Waals surface area contributed by atoms with Crippen molar-refractivity contribution in [3.63, 3.8) is 0 Å². The van der Waals surface area contributed by atoms with Crippen LogP contribution in [0.2, 0.25) is 0 Å². The normalized spacial score (nSPS) is 15.5. The summed E-state index contributed by atoms with van der Waals surface area (Å²) in [7, 11) is -8.47. The lowest BCUT2D eigenvalue weighted by molar-refractivity contribution is 0.534. The fourth-order valence-electron chi connectivity index (χ4n) is 3.64. The number of nitrogens with one attached hydrogen (secondary N) is 4. The van der Waals surface area contributed by atoms with Gasteiger partial charge in [-0.1, -0.05) is 24.3 Å². The number of fused-ring (bicyclic) bond motifs is 1. The average molecular weight is 464 g/mol. The average Bonchev–Trinajstić information content (AvgIpc) is 3.26. The monoisotopic (exact) mass is 463 g/mol. The zero-order chi connectivity index (χ0) is 22.2. The van der Waals surface area contributed by atoms with Crippen LogP contribution < -0.4 is 32.8 Å². The number of aromatic nitrogens is 1. The third-order valence-corrected chi connectivity index (χ3v) is 7.81. The number of nitrogens with zero attached hydrogens (tertiary/aromatic N) is 1. The minimum atomic E-state index is -4.46. The molecule has 1 aliphatic rings. The maximum absolute atomic E-state index is 12.8. The van der Waals surface area contributed by atoms with Gasteiger partial charge in [-0.15, -0.1) is 0 Å². The molecule has 0 radical (unpaired) electrons. The van der Waals surface area contributed by atoms with Crippen molar-refractivity contribution in [2.45, 2.75) is 16.0 Å². The maximum Gasteiger partial charge on any atom is 0.239 e. The Bertz CT molecular complexity index is 1350. The Morgan fingerprint density at radius 1 is 0.935 bits per heavy atom. The second-order valence-corrected chi connectivity index (χ2v) is 10.4. The van der Waals surface area contributed by atoms with Crippen LogP contribution in [0, 0.1) is 0 Å². The second-order valence-electron chi connectivity index (χ2n) is 6.85. The van der Waals surface area contributed by atoms with Crippen LogP contribution >= 0.6 is 0 Å². The number of rotatable bonds is 6. The minimum absolute atomic E-state index is 0.148. The molecule has 1 aromatic heterocycles. The molecule has 1 aliphatic heterocycles. The quantitative estimate of drug-likeness (QED) is 0.276. The van der Waals surface area contributed by atoms with E-state index in [4.69, 9.17) is 10.9 Å². The van der Waals surface area contributed by atoms with Crippen molar-refractivity contribution in [1.82, 2.24) is 26.9 Å². The summed E-state index contributed by atoms with van der Waals surface area (Å²) in [6.07, 6.45) is 0.836. The summed E-state index contributed by atoms with van der Waals surface area (Å²) in [6.45, 7) is -0.165. The van der Waals surface area contributed by atoms with E-state index in [-0.39, 0.29) is 12.1 Å². The zero-order valence-electron chi connectivity index (χ0n) is 16.2. The van der Waals surface area contributed by atoms with Gasteiger partial charge >= 0.3 is 0 Å². The highest BCUT2D eigenvalue weighted by molar-refractivity contribution is 7.93. The van der Waals surface area contributed by atoms with Crippen molar-refractivity contribution in [2.24, 2.45) is 10.9 Å². The number of sulfone groups is 1. The highest BCUT2D eigenvalue weighted by Gasteiger charge is 2.34. The molecule has 0 bridgehead atoms. The molecule has 13 heteroatoms. The molecule has 0 unspecified atom stereocenters. The number of pyridine rings is 1. The van der Waals surface area contributed by atoms with Gasteiger partial charge in [-0.25, -0.2) is 32.8 Å². The van der Waals surface area contributed by atoms with Gasteiger partial charge in [0.2, 0.25) is 10.0 Å². The lowest BCUT2D eigenvalue weighted by Crippen LogP contribution is -2.33. The van der Waals surface area contributed by atoms with E-state index in [1.54, 1.807) is 30.5 Å². The molecule has 1 fully saturated rings. The first-order valence-corrected chi connectivity index (χ1v) is 12.4. The van der Waals surface area contributed by atoms with E-state index < -0.39 is 41.6 Å². The molecule has 8 N–H and O–H groups in total. The summed E-state index contributed by atoms with van der Waals surface area (Å²) in [5.74, 6) is -0.422. The van der Waals surface area contributed by atoms with E-state index in [2.05, 4.69) is 26.9 Å². The number of primary sulfonamides is 1. The predicted molar refractivity (Wildman–Crippen MR) is 115 cm³/mol. The molecule has 164 valence electrons. The molecule has 3 aromatic rings. The maximum atomic E-state index is 12.8. The van der Waals surface area contributed by atoms with Gasteiger partial charge in [0.05, 0.1) is 16.2 Å². The van der Waals surface area contributed by atoms with Crippen LogP contribution in [-0.2, 0) is 19.9 Å². The van der Waals surface area contributed by atoms with Gasteiger partial charge in [-0.3, -0.25) is 4.98 Å². The smallest absolute Gasteiger partial charge is 0.239 e. The highest BCUT2D eigenvalue weighted by Crippen LogP contribution is 2.39. The zero-order valence-corrected chi connectivity index (χ0v) is 17.8. The van der Waals surface area contributed by atoms with Gasteiger partial charge in [0.1, 0.15) is 11.1 Å². The Balaban J connectivity index is 2.12. The van der Waals surface area contributed by atoms with Gasteiger partial charge in [0.15, 0.2) is 9.84 Å². The van der Waals surface area contributed by atoms with Crippen molar-refractivity contribution in [3.05, 3.63) is 54.2 Å². The van der Waals surface area contributed by atoms with Gasteiger partial charge in [0.25, 0.3) is 0 Å². The van der Waals surface area contributed by atoms with Crippen molar-refractivity contribution in [1.29, 1.82) is 0 Å². The molecule has 11 nitrogen and oxygen atoms in total. The first kappa shape index (κ1) is 21.7. The van der Waals surface area contributed by atoms with Crippen LogP contribution in [0.3, 0.4) is 0 Å². The molecule has 0 spiro atoms. The Morgan fingerprint density at radius 3 is 2.35 bits per heavy atom. The number of hydrogen-bond donors (Lipinski definition) is 6. The lowest BCUT2D eigenvalue weighted by atomic mass is 9.94. The molecule has 1 saturated heterocycles. The van der Waals surface area contributed by atoms with E-state index >= 15 is 0 Å². The number of hydrogen-bond acceptors (Lipinski definition) is 10. The van der Waals surface area contributed by atoms with Crippen LogP contribution in [0.4, 0.5) is 0 Å². The van der Waals surface area contributed by atoms with E-state index in [1.165, 1.54) is 6.07 Å². The van der Waals surface area contributed by atoms with Crippen LogP contribution in [-0.4, -0.2) is 34.1 Å². The Morgan fingerprint density at radius 2 is 1.68 bits per heavy atom. The topological polar surface area (TPSA) is 181 Å². The number of benzene rings is 2. The molecular formula is C18H21N7O4S2. The standard InChI is InChI=1S/C18H21N7O4S2/c19-8-10-30(26,27)15-7-6-13(11-3-1-5-14-12(11)4-2-9-21-14)16(17(15)31(20,28)29)18-22-24-25-23-18/h1-7,9,18,22-25H,8,10,19H2,(H2,20,28,29). The first-order valence-electron chi connectivity index (χ1n) is 9.22. The first-order chi connectivity index (χ1) is 14.7. The van der Waals surface area contributed by atoms with Gasteiger partial charge in [-0.2, -0.15) is 11.1 Å². The van der Waals surface area contributed by atoms with E-state index in [0.717, 1.165) is 5.39 Å². The molecule has 2 heterocycles. The van der Waals surface area contributed by atoms with Crippen LogP contribution in [0.25, 0.3) is 22.0 Å². The Hall–Kier alpha value is -2.49. The molecule has 2 aromatic carbocycles. The SMILES string of the molecule is NCCS(=O)(=O)c1ccc(-c2cccc3ncccc23)c(C2NNNN2)c1S(N)(=O)=O. The summed E-state index contributed by atoms with van der Waals surface area (Å²) < 4.78 is 51.1. The summed E-state index contributed by atoms with van der Waals surface area (Å²) in [4.78, 5) is 3.45. The molecule has 0 amide bonds. The third-order valence-electron chi connectivity index (χ3n) is 4.89. The molecular weight excluding hydrogens is 442 g/mol. The van der Waals surface area contributed by atoms with Crippen molar-refractivity contribution < 1.29 is 16.8 Å². The fourth-order valence-corrected chi connectivity index (χ4v) is 6.45. The lowest BCUT2D eigenvalue weighted by Gasteiger charge is -2.22. The van der Waals surface area contributed by atoms with Gasteiger partial charge in [-0.05, 0) is 29.3 Å². The molecule has 0 aliphatic carbocycles. The number of sulfonamides is 1. The van der Waals surface area contributed by atoms with Crippen molar-refractivity contribution in [2.75, 3.05) is 12.3 Å². The minimum Gasteiger partial charge on any atom is -0.329 e. The van der Waals surface area contributed by atoms with Crippen LogP contribution in [0.5, 0.6) is 0 Å². The van der Waals surface area contributed by atoms with E-state index in [9.17, 15) is 16.8 Å². The summed E-state index contributed by atoms with van der Waals surface area (Å²) >= 11 is 0. The van der Waals surface area contributed by atoms with Gasteiger partial charge < -0.3 is 5.73 Å². The molecule has 31 heavy (non-hydrogen) atoms. The van der Waals surface area contributed by atoms with Crippen molar-refractivity contribution in [3.8, 4) is 11.1 Å². The summed E-state index contributed by atoms with van der Waals surface area (Å²) in [5.41, 5.74) is 18.3. The predicted octanol–water partition coefficient (Wildman–Crippen LogP) is -0.603. The highest BCUT2D eigenvalue weighted by atomic mass is 32.2. The van der Waals surface area contributed by atoms with Crippen LogP contribution in [0.1, 0.15) is 11.7 Å². The van der Waals surface area contributed by atoms with Crippen LogP contribution in [0.15, 0.2) is 58.5 Å². The third kappa shape index (κ3) is 4.05. The van der Waals surface area contributed by atoms with E-state index in [0.29, 0.717) is 16.6 Å². The van der Waals surface area contributed by atoms with E-state index in [1.807, 2.05) is 12.1 Å². The molecule has 0 saturated carbocycles. The summed E-state index contributed by atoms with van der Waals surface area (Å²) in [5, 5.41) is 6.31. The molecule has 0 atom stereocenters. The molecule has 4 rings (SSSR count).